The lowest BCUT2D eigenvalue weighted by molar-refractivity contribution is -0.0244. The van der Waals surface area contributed by atoms with Gasteiger partial charge in [-0.2, -0.15) is 0 Å². The molecule has 5 heteroatoms. The van der Waals surface area contributed by atoms with Crippen molar-refractivity contribution in [3.8, 4) is 0 Å². The Labute approximate surface area is 104 Å². The summed E-state index contributed by atoms with van der Waals surface area (Å²) in [7, 11) is 0. The van der Waals surface area contributed by atoms with Crippen LogP contribution >= 0.6 is 0 Å². The third kappa shape index (κ3) is 7.99. The summed E-state index contributed by atoms with van der Waals surface area (Å²) in [6.45, 7) is 12.1. The SMILES string of the molecule is CC(C)(C)OC(=O)NCCC(ON)C(C)(C)C. The van der Waals surface area contributed by atoms with Crippen molar-refractivity contribution in [3.63, 3.8) is 0 Å². The van der Waals surface area contributed by atoms with Gasteiger partial charge in [0.1, 0.15) is 5.60 Å². The van der Waals surface area contributed by atoms with Crippen molar-refractivity contribution in [3.05, 3.63) is 0 Å². The van der Waals surface area contributed by atoms with Gasteiger partial charge in [0, 0.05) is 6.54 Å². The zero-order valence-corrected chi connectivity index (χ0v) is 11.8. The van der Waals surface area contributed by atoms with E-state index in [9.17, 15) is 4.79 Å². The molecule has 0 aliphatic rings. The van der Waals surface area contributed by atoms with Crippen LogP contribution in [0.2, 0.25) is 0 Å². The fourth-order valence-electron chi connectivity index (χ4n) is 1.32. The van der Waals surface area contributed by atoms with Gasteiger partial charge in [0.25, 0.3) is 0 Å². The molecule has 0 rings (SSSR count). The van der Waals surface area contributed by atoms with Crippen LogP contribution in [-0.4, -0.2) is 24.3 Å². The predicted molar refractivity (Wildman–Crippen MR) is 67.4 cm³/mol. The molecule has 102 valence electrons. The highest BCUT2D eigenvalue weighted by Gasteiger charge is 2.25. The Bertz CT molecular complexity index is 241. The van der Waals surface area contributed by atoms with Gasteiger partial charge in [-0.1, -0.05) is 20.8 Å². The van der Waals surface area contributed by atoms with Gasteiger partial charge in [-0.3, -0.25) is 0 Å². The van der Waals surface area contributed by atoms with Gasteiger partial charge in [0.15, 0.2) is 0 Å². The van der Waals surface area contributed by atoms with Crippen LogP contribution in [0.5, 0.6) is 0 Å². The van der Waals surface area contributed by atoms with Crippen LogP contribution in [0.25, 0.3) is 0 Å². The molecule has 0 fully saturated rings. The number of hydrogen-bond acceptors (Lipinski definition) is 4. The number of carbonyl (C=O) groups excluding carboxylic acids is 1. The predicted octanol–water partition coefficient (Wildman–Crippen LogP) is 2.21. The average Bonchev–Trinajstić information content (AvgIpc) is 2.07. The van der Waals surface area contributed by atoms with Crippen LogP contribution in [0.4, 0.5) is 4.79 Å². The fourth-order valence-corrected chi connectivity index (χ4v) is 1.32. The number of hydrogen-bond donors (Lipinski definition) is 2. The summed E-state index contributed by atoms with van der Waals surface area (Å²) in [5.41, 5.74) is -0.526. The summed E-state index contributed by atoms with van der Waals surface area (Å²) in [6, 6.07) is 0. The normalized spacial score (nSPS) is 14.3. The minimum absolute atomic E-state index is 0.0512. The highest BCUT2D eigenvalue weighted by atomic mass is 16.6. The highest BCUT2D eigenvalue weighted by molar-refractivity contribution is 5.67. The van der Waals surface area contributed by atoms with E-state index < -0.39 is 11.7 Å². The summed E-state index contributed by atoms with van der Waals surface area (Å²) < 4.78 is 5.12. The summed E-state index contributed by atoms with van der Waals surface area (Å²) in [5, 5.41) is 2.68. The summed E-state index contributed by atoms with van der Waals surface area (Å²) in [4.78, 5) is 16.3. The maximum absolute atomic E-state index is 11.4. The molecule has 0 spiro atoms. The maximum Gasteiger partial charge on any atom is 0.407 e. The van der Waals surface area contributed by atoms with Crippen molar-refractivity contribution in [2.45, 2.75) is 59.7 Å². The third-order valence-corrected chi connectivity index (χ3v) is 2.20. The van der Waals surface area contributed by atoms with Crippen molar-refractivity contribution >= 4 is 6.09 Å². The molecule has 17 heavy (non-hydrogen) atoms. The first-order valence-electron chi connectivity index (χ1n) is 5.88. The van der Waals surface area contributed by atoms with E-state index in [0.29, 0.717) is 13.0 Å². The molecule has 1 atom stereocenters. The Morgan fingerprint density at radius 3 is 2.12 bits per heavy atom. The van der Waals surface area contributed by atoms with E-state index in [1.54, 1.807) is 0 Å². The first-order valence-corrected chi connectivity index (χ1v) is 5.88. The fraction of sp³-hybridized carbons (Fsp3) is 0.917. The molecule has 0 aromatic rings. The maximum atomic E-state index is 11.4. The molecule has 0 aromatic carbocycles. The van der Waals surface area contributed by atoms with Crippen LogP contribution in [0.1, 0.15) is 48.0 Å². The van der Waals surface area contributed by atoms with E-state index in [4.69, 9.17) is 15.5 Å². The van der Waals surface area contributed by atoms with Crippen molar-refractivity contribution < 1.29 is 14.4 Å². The quantitative estimate of drug-likeness (QED) is 0.746. The monoisotopic (exact) mass is 246 g/mol. The van der Waals surface area contributed by atoms with Crippen LogP contribution in [0.15, 0.2) is 0 Å². The van der Waals surface area contributed by atoms with Crippen LogP contribution < -0.4 is 11.2 Å². The standard InChI is InChI=1S/C12H26N2O3/c1-11(2,3)9(17-13)7-8-14-10(15)16-12(4,5)6/h9H,7-8,13H2,1-6H3,(H,14,15). The van der Waals surface area contributed by atoms with Gasteiger partial charge >= 0.3 is 6.09 Å². The van der Waals surface area contributed by atoms with Crippen molar-refractivity contribution in [1.29, 1.82) is 0 Å². The largest absolute Gasteiger partial charge is 0.444 e. The Kier molecular flexibility index (Phi) is 5.92. The smallest absolute Gasteiger partial charge is 0.407 e. The first kappa shape index (κ1) is 16.2. The molecule has 5 nitrogen and oxygen atoms in total. The molecule has 0 aliphatic heterocycles. The molecule has 3 N–H and O–H groups in total. The highest BCUT2D eigenvalue weighted by Crippen LogP contribution is 2.23. The molecule has 1 unspecified atom stereocenters. The van der Waals surface area contributed by atoms with Gasteiger partial charge in [0.05, 0.1) is 6.10 Å². The zero-order valence-electron chi connectivity index (χ0n) is 11.8. The Hall–Kier alpha value is -0.810. The van der Waals surface area contributed by atoms with Gasteiger partial charge in [0.2, 0.25) is 0 Å². The third-order valence-electron chi connectivity index (χ3n) is 2.20. The molecule has 0 saturated heterocycles. The lowest BCUT2D eigenvalue weighted by Crippen LogP contribution is -2.38. The van der Waals surface area contributed by atoms with Crippen LogP contribution in [0, 0.1) is 5.41 Å². The number of nitrogens with two attached hydrogens (primary N) is 1. The average molecular weight is 246 g/mol. The number of amides is 1. The molecule has 0 aliphatic carbocycles. The minimum atomic E-state index is -0.474. The molecule has 0 aromatic heterocycles. The summed E-state index contributed by atoms with van der Waals surface area (Å²) in [6.07, 6.45) is 0.138. The van der Waals surface area contributed by atoms with Crippen LogP contribution in [-0.2, 0) is 9.57 Å². The second-order valence-corrected chi connectivity index (χ2v) is 6.21. The van der Waals surface area contributed by atoms with E-state index >= 15 is 0 Å². The number of nitrogens with one attached hydrogen (secondary N) is 1. The van der Waals surface area contributed by atoms with E-state index in [0.717, 1.165) is 0 Å². The molecule has 0 saturated carbocycles. The second-order valence-electron chi connectivity index (χ2n) is 6.21. The van der Waals surface area contributed by atoms with Gasteiger partial charge in [-0.05, 0) is 32.6 Å². The molecule has 1 amide bonds. The van der Waals surface area contributed by atoms with E-state index in [2.05, 4.69) is 5.32 Å². The van der Waals surface area contributed by atoms with Gasteiger partial charge in [-0.25, -0.2) is 10.7 Å². The van der Waals surface area contributed by atoms with Crippen molar-refractivity contribution in [1.82, 2.24) is 5.32 Å². The summed E-state index contributed by atoms with van der Waals surface area (Å²) >= 11 is 0. The lowest BCUT2D eigenvalue weighted by Gasteiger charge is -2.28. The molecule has 0 radical (unpaired) electrons. The topological polar surface area (TPSA) is 73.6 Å². The van der Waals surface area contributed by atoms with Crippen molar-refractivity contribution in [2.24, 2.45) is 11.3 Å². The Morgan fingerprint density at radius 2 is 1.76 bits per heavy atom. The number of alkyl carbamates (subject to hydrolysis) is 1. The zero-order chi connectivity index (χ0) is 13.7. The number of rotatable bonds is 4. The summed E-state index contributed by atoms with van der Waals surface area (Å²) in [5.74, 6) is 5.23. The van der Waals surface area contributed by atoms with Gasteiger partial charge in [-0.15, -0.1) is 0 Å². The second kappa shape index (κ2) is 6.21. The Balaban J connectivity index is 3.95. The first-order chi connectivity index (χ1) is 7.56. The number of ether oxygens (including phenoxy) is 1. The molecular formula is C12H26N2O3. The minimum Gasteiger partial charge on any atom is -0.444 e. The van der Waals surface area contributed by atoms with Gasteiger partial charge < -0.3 is 14.9 Å². The molecule has 0 bridgehead atoms. The molecule has 0 heterocycles. The Morgan fingerprint density at radius 1 is 1.24 bits per heavy atom. The van der Waals surface area contributed by atoms with Crippen LogP contribution in [0.3, 0.4) is 0 Å². The van der Waals surface area contributed by atoms with E-state index in [-0.39, 0.29) is 11.5 Å². The number of carbonyl (C=O) groups is 1. The lowest BCUT2D eigenvalue weighted by atomic mass is 9.87. The molecular weight excluding hydrogens is 220 g/mol. The van der Waals surface area contributed by atoms with Crippen molar-refractivity contribution in [2.75, 3.05) is 6.54 Å². The van der Waals surface area contributed by atoms with E-state index in [1.165, 1.54) is 0 Å². The van der Waals surface area contributed by atoms with E-state index in [1.807, 2.05) is 41.5 Å².